The maximum atomic E-state index is 11.5. The van der Waals surface area contributed by atoms with Crippen LogP contribution in [0, 0.1) is 0 Å². The Bertz CT molecular complexity index is 290. The van der Waals surface area contributed by atoms with E-state index in [2.05, 4.69) is 6.58 Å². The molecule has 1 unspecified atom stereocenters. The summed E-state index contributed by atoms with van der Waals surface area (Å²) in [7, 11) is 3.25. The van der Waals surface area contributed by atoms with Gasteiger partial charge in [-0.15, -0.1) is 0 Å². The maximum absolute atomic E-state index is 11.5. The van der Waals surface area contributed by atoms with E-state index in [4.69, 9.17) is 23.4 Å². The average molecular weight is 292 g/mol. The van der Waals surface area contributed by atoms with Gasteiger partial charge in [-0.3, -0.25) is 0 Å². The zero-order valence-corrected chi connectivity index (χ0v) is 13.8. The normalized spacial score (nSPS) is 13.7. The van der Waals surface area contributed by atoms with Crippen LogP contribution in [0.1, 0.15) is 20.3 Å². The van der Waals surface area contributed by atoms with Crippen LogP contribution in [-0.4, -0.2) is 55.4 Å². The number of esters is 1. The third-order valence-corrected chi connectivity index (χ3v) is 4.23. The molecule has 112 valence electrons. The Morgan fingerprint density at radius 2 is 1.89 bits per heavy atom. The first-order chi connectivity index (χ1) is 8.94. The van der Waals surface area contributed by atoms with Crippen LogP contribution in [0.25, 0.3) is 0 Å². The number of methoxy groups -OCH3 is 3. The second-order valence-electron chi connectivity index (χ2n) is 4.05. The lowest BCUT2D eigenvalue weighted by atomic mass is 10.4. The third-order valence-electron chi connectivity index (χ3n) is 2.51. The topological polar surface area (TPSA) is 63.2 Å². The zero-order chi connectivity index (χ0) is 14.9. The van der Waals surface area contributed by atoms with Gasteiger partial charge >= 0.3 is 5.97 Å². The van der Waals surface area contributed by atoms with Crippen molar-refractivity contribution in [3.05, 3.63) is 12.2 Å². The van der Waals surface area contributed by atoms with Gasteiger partial charge in [0.1, 0.15) is 12.3 Å². The Morgan fingerprint density at radius 1 is 1.32 bits per heavy atom. The van der Waals surface area contributed by atoms with Crippen LogP contribution in [0.3, 0.4) is 0 Å². The van der Waals surface area contributed by atoms with E-state index in [1.54, 1.807) is 6.92 Å². The second kappa shape index (κ2) is 9.22. The smallest absolute Gasteiger partial charge is 0.333 e. The summed E-state index contributed by atoms with van der Waals surface area (Å²) in [5.74, 6) is -1.64. The van der Waals surface area contributed by atoms with Crippen molar-refractivity contribution in [2.24, 2.45) is 0 Å². The molecule has 0 amide bonds. The van der Waals surface area contributed by atoms with Crippen molar-refractivity contribution in [2.45, 2.75) is 32.0 Å². The molecule has 7 heteroatoms. The standard InChI is InChI=1S/C12H24O6Si/c1-7-10(17-11(13)9(2)3)19-18-12(15-5,16-6)8-14-4/h10H,2,7-8,19H2,1,3-6H3. The van der Waals surface area contributed by atoms with E-state index in [9.17, 15) is 4.79 Å². The summed E-state index contributed by atoms with van der Waals surface area (Å²) in [5.41, 5.74) is 0.111. The first-order valence-electron chi connectivity index (χ1n) is 6.04. The summed E-state index contributed by atoms with van der Waals surface area (Å²) in [6.45, 7) is 7.21. The minimum Gasteiger partial charge on any atom is -0.461 e. The number of carbonyl (C=O) groups excluding carboxylic acids is 1. The van der Waals surface area contributed by atoms with E-state index in [0.29, 0.717) is 12.0 Å². The fourth-order valence-electron chi connectivity index (χ4n) is 1.24. The molecule has 0 radical (unpaired) electrons. The molecule has 6 nitrogen and oxygen atoms in total. The number of rotatable bonds is 10. The van der Waals surface area contributed by atoms with Gasteiger partial charge in [0.2, 0.25) is 9.76 Å². The van der Waals surface area contributed by atoms with E-state index >= 15 is 0 Å². The van der Waals surface area contributed by atoms with Crippen molar-refractivity contribution in [3.8, 4) is 0 Å². The highest BCUT2D eigenvalue weighted by Crippen LogP contribution is 2.14. The fourth-order valence-corrected chi connectivity index (χ4v) is 2.46. The molecule has 0 spiro atoms. The number of hydrogen-bond donors (Lipinski definition) is 0. The maximum Gasteiger partial charge on any atom is 0.333 e. The molecular formula is C12H24O6Si. The first kappa shape index (κ1) is 18.3. The van der Waals surface area contributed by atoms with Crippen molar-refractivity contribution in [2.75, 3.05) is 27.9 Å². The molecule has 19 heavy (non-hydrogen) atoms. The molecule has 0 aromatic heterocycles. The summed E-state index contributed by atoms with van der Waals surface area (Å²) in [6.07, 6.45) is 0.668. The molecule has 0 N–H and O–H groups in total. The molecule has 0 aliphatic carbocycles. The van der Waals surface area contributed by atoms with Crippen molar-refractivity contribution in [3.63, 3.8) is 0 Å². The van der Waals surface area contributed by atoms with Crippen LogP contribution < -0.4 is 0 Å². The van der Waals surface area contributed by atoms with Crippen molar-refractivity contribution in [1.82, 2.24) is 0 Å². The molecule has 1 atom stereocenters. The highest BCUT2D eigenvalue weighted by atomic mass is 28.2. The molecule has 0 saturated carbocycles. The van der Waals surface area contributed by atoms with E-state index < -0.39 is 21.7 Å². The number of ether oxygens (including phenoxy) is 4. The number of hydrogen-bond acceptors (Lipinski definition) is 6. The predicted octanol–water partition coefficient (Wildman–Crippen LogP) is 0.535. The lowest BCUT2D eigenvalue weighted by Gasteiger charge is -2.31. The van der Waals surface area contributed by atoms with Gasteiger partial charge in [-0.05, 0) is 13.3 Å². The Morgan fingerprint density at radius 3 is 2.26 bits per heavy atom. The summed E-state index contributed by atoms with van der Waals surface area (Å²) in [6, 6.07) is 0. The van der Waals surface area contributed by atoms with Crippen molar-refractivity contribution >= 4 is 15.7 Å². The molecule has 0 heterocycles. The van der Waals surface area contributed by atoms with Gasteiger partial charge in [0.05, 0.1) is 0 Å². The minimum atomic E-state index is -1.23. The molecule has 0 bridgehead atoms. The molecule has 0 fully saturated rings. The SMILES string of the molecule is C=C(C)C(=O)OC(CC)[SiH2]OC(COC)(OC)OC. The van der Waals surface area contributed by atoms with Crippen molar-refractivity contribution < 1.29 is 28.2 Å². The van der Waals surface area contributed by atoms with E-state index in [1.807, 2.05) is 6.92 Å². The summed E-state index contributed by atoms with van der Waals surface area (Å²) in [4.78, 5) is 11.5. The van der Waals surface area contributed by atoms with Gasteiger partial charge in [-0.25, -0.2) is 4.79 Å². The highest BCUT2D eigenvalue weighted by Gasteiger charge is 2.32. The van der Waals surface area contributed by atoms with Crippen molar-refractivity contribution in [1.29, 1.82) is 0 Å². The Balaban J connectivity index is 4.45. The van der Waals surface area contributed by atoms with Gasteiger partial charge < -0.3 is 23.4 Å². The van der Waals surface area contributed by atoms with Crippen LogP contribution in [0.5, 0.6) is 0 Å². The van der Waals surface area contributed by atoms with Crippen LogP contribution in [0.2, 0.25) is 0 Å². The summed E-state index contributed by atoms with van der Waals surface area (Å²) < 4.78 is 26.3. The molecule has 0 aliphatic heterocycles. The minimum absolute atomic E-state index is 0.137. The first-order valence-corrected chi connectivity index (χ1v) is 7.43. The second-order valence-corrected chi connectivity index (χ2v) is 5.58. The van der Waals surface area contributed by atoms with Crippen LogP contribution in [0.15, 0.2) is 12.2 Å². The monoisotopic (exact) mass is 292 g/mol. The largest absolute Gasteiger partial charge is 0.461 e. The lowest BCUT2D eigenvalue weighted by Crippen LogP contribution is -2.45. The summed E-state index contributed by atoms with van der Waals surface area (Å²) in [5, 5.41) is 0. The quantitative estimate of drug-likeness (QED) is 0.253. The Labute approximate surface area is 116 Å². The fraction of sp³-hybridized carbons (Fsp3) is 0.750. The zero-order valence-electron chi connectivity index (χ0n) is 12.4. The Kier molecular flexibility index (Phi) is 8.86. The molecule has 0 saturated heterocycles. The van der Waals surface area contributed by atoms with E-state index in [1.165, 1.54) is 21.3 Å². The lowest BCUT2D eigenvalue weighted by molar-refractivity contribution is -0.340. The molecule has 0 rings (SSSR count). The van der Waals surface area contributed by atoms with Gasteiger partial charge in [-0.2, -0.15) is 0 Å². The van der Waals surface area contributed by atoms with Crippen LogP contribution in [0.4, 0.5) is 0 Å². The van der Waals surface area contributed by atoms with Gasteiger partial charge in [0.25, 0.3) is 5.97 Å². The van der Waals surface area contributed by atoms with Gasteiger partial charge in [0, 0.05) is 26.9 Å². The third kappa shape index (κ3) is 6.30. The molecular weight excluding hydrogens is 268 g/mol. The molecule has 0 aromatic carbocycles. The Hall–Kier alpha value is -0.733. The molecule has 0 aliphatic rings. The van der Waals surface area contributed by atoms with Gasteiger partial charge in [0.15, 0.2) is 0 Å². The van der Waals surface area contributed by atoms with Crippen LogP contribution >= 0.6 is 0 Å². The predicted molar refractivity (Wildman–Crippen MR) is 73.2 cm³/mol. The summed E-state index contributed by atoms with van der Waals surface area (Å²) >= 11 is 0. The van der Waals surface area contributed by atoms with E-state index in [-0.39, 0.29) is 12.3 Å². The number of carbonyl (C=O) groups is 1. The van der Waals surface area contributed by atoms with Crippen LogP contribution in [-0.2, 0) is 28.2 Å². The van der Waals surface area contributed by atoms with Gasteiger partial charge in [-0.1, -0.05) is 13.5 Å². The molecule has 0 aromatic rings. The van der Waals surface area contributed by atoms with E-state index in [0.717, 1.165) is 0 Å². The average Bonchev–Trinajstić information content (AvgIpc) is 2.41. The highest BCUT2D eigenvalue weighted by molar-refractivity contribution is 6.29.